The second kappa shape index (κ2) is 5.46. The molecule has 16 heavy (non-hydrogen) atoms. The number of para-hydroxylation sites is 2. The van der Waals surface area contributed by atoms with Crippen molar-refractivity contribution in [1.29, 1.82) is 0 Å². The number of quaternary nitrogens is 1. The summed E-state index contributed by atoms with van der Waals surface area (Å²) in [6, 6.07) is 21.1. The summed E-state index contributed by atoms with van der Waals surface area (Å²) in [7, 11) is 4.40. The molecule has 84 valence electrons. The molecule has 0 aliphatic carbocycles. The summed E-state index contributed by atoms with van der Waals surface area (Å²) in [5.74, 6) is 0. The van der Waals surface area contributed by atoms with E-state index in [0.717, 1.165) is 4.48 Å². The molecule has 0 fully saturated rings. The summed E-state index contributed by atoms with van der Waals surface area (Å²) in [6.07, 6.45) is 0. The van der Waals surface area contributed by atoms with Crippen molar-refractivity contribution in [1.82, 2.24) is 4.48 Å². The molecule has 2 rings (SSSR count). The Kier molecular flexibility index (Phi) is 4.50. The average molecular weight is 325 g/mol. The smallest absolute Gasteiger partial charge is 0.137 e. The third-order valence-corrected chi connectivity index (χ3v) is 2.80. The third-order valence-electron chi connectivity index (χ3n) is 2.80. The molecule has 2 heteroatoms. The molecule has 0 amide bonds. The zero-order valence-electron chi connectivity index (χ0n) is 9.60. The molecule has 0 radical (unpaired) electrons. The number of hydrogen-bond donors (Lipinski definition) is 0. The highest BCUT2D eigenvalue weighted by Crippen LogP contribution is 2.29. The number of rotatable bonds is 2. The van der Waals surface area contributed by atoms with Crippen LogP contribution in [0.2, 0.25) is 0 Å². The van der Waals surface area contributed by atoms with Crippen molar-refractivity contribution in [3.8, 4) is 0 Å². The van der Waals surface area contributed by atoms with E-state index in [9.17, 15) is 0 Å². The van der Waals surface area contributed by atoms with Crippen molar-refractivity contribution in [2.45, 2.75) is 0 Å². The first kappa shape index (κ1) is 13.2. The van der Waals surface area contributed by atoms with E-state index in [0.29, 0.717) is 0 Å². The molecular weight excluding hydrogens is 309 g/mol. The van der Waals surface area contributed by atoms with Gasteiger partial charge in [-0.3, -0.25) is 4.48 Å². The van der Waals surface area contributed by atoms with Crippen LogP contribution in [0.4, 0.5) is 11.4 Å². The zero-order chi connectivity index (χ0) is 10.7. The highest BCUT2D eigenvalue weighted by molar-refractivity contribution is 5.56. The summed E-state index contributed by atoms with van der Waals surface area (Å²) >= 11 is 0. The van der Waals surface area contributed by atoms with Gasteiger partial charge in [-0.15, -0.1) is 0 Å². The van der Waals surface area contributed by atoms with Crippen LogP contribution in [0.5, 0.6) is 0 Å². The maximum Gasteiger partial charge on any atom is 0.137 e. The fraction of sp³-hybridized carbons (Fsp3) is 0.143. The lowest BCUT2D eigenvalue weighted by Gasteiger charge is -2.28. The second-order valence-corrected chi connectivity index (χ2v) is 4.12. The van der Waals surface area contributed by atoms with E-state index in [4.69, 9.17) is 0 Å². The van der Waals surface area contributed by atoms with Crippen LogP contribution in [-0.2, 0) is 0 Å². The van der Waals surface area contributed by atoms with Crippen LogP contribution in [0, 0.1) is 0 Å². The molecule has 0 N–H and O–H groups in total. The first-order valence-electron chi connectivity index (χ1n) is 5.16. The van der Waals surface area contributed by atoms with Crippen LogP contribution < -0.4 is 28.5 Å². The molecule has 2 aromatic rings. The molecule has 0 aromatic heterocycles. The van der Waals surface area contributed by atoms with Crippen LogP contribution >= 0.6 is 0 Å². The topological polar surface area (TPSA) is 0 Å². The minimum atomic E-state index is 0. The quantitative estimate of drug-likeness (QED) is 0.560. The number of benzene rings is 2. The molecule has 0 bridgehead atoms. The highest BCUT2D eigenvalue weighted by atomic mass is 127. The standard InChI is InChI=1S/C14H16N.HI/c1-15(2,13-9-5-3-6-10-13)14-11-7-4-8-12-14;/h3-12H,1-2H3;1H/q+1;/p-1. The van der Waals surface area contributed by atoms with Gasteiger partial charge in [-0.05, 0) is 24.3 Å². The van der Waals surface area contributed by atoms with Gasteiger partial charge in [0.05, 0.1) is 14.1 Å². The molecular formula is C14H16IN. The minimum absolute atomic E-state index is 0. The molecule has 0 aliphatic rings. The van der Waals surface area contributed by atoms with Crippen molar-refractivity contribution in [3.05, 3.63) is 60.7 Å². The Bertz CT molecular complexity index is 382. The van der Waals surface area contributed by atoms with Crippen molar-refractivity contribution in [3.63, 3.8) is 0 Å². The Balaban J connectivity index is 0.00000128. The fourth-order valence-corrected chi connectivity index (χ4v) is 1.75. The predicted octanol–water partition coefficient (Wildman–Crippen LogP) is 0.589. The van der Waals surface area contributed by atoms with E-state index in [1.807, 2.05) is 0 Å². The first-order chi connectivity index (χ1) is 7.21. The fourth-order valence-electron chi connectivity index (χ4n) is 1.75. The Morgan fingerprint density at radius 2 is 0.938 bits per heavy atom. The second-order valence-electron chi connectivity index (χ2n) is 4.12. The predicted molar refractivity (Wildman–Crippen MR) is 66.2 cm³/mol. The molecule has 1 nitrogen and oxygen atoms in total. The van der Waals surface area contributed by atoms with Crippen molar-refractivity contribution in [2.24, 2.45) is 0 Å². The van der Waals surface area contributed by atoms with E-state index in [1.54, 1.807) is 0 Å². The Morgan fingerprint density at radius 3 is 1.25 bits per heavy atom. The van der Waals surface area contributed by atoms with Crippen LogP contribution in [0.25, 0.3) is 0 Å². The van der Waals surface area contributed by atoms with E-state index in [-0.39, 0.29) is 24.0 Å². The van der Waals surface area contributed by atoms with E-state index in [2.05, 4.69) is 74.8 Å². The van der Waals surface area contributed by atoms with Crippen molar-refractivity contribution >= 4 is 11.4 Å². The third kappa shape index (κ3) is 2.62. The maximum atomic E-state index is 2.20. The van der Waals surface area contributed by atoms with E-state index in [1.165, 1.54) is 11.4 Å². The lowest BCUT2D eigenvalue weighted by atomic mass is 10.2. The molecule has 0 atom stereocenters. The Labute approximate surface area is 114 Å². The molecule has 0 aliphatic heterocycles. The zero-order valence-corrected chi connectivity index (χ0v) is 11.8. The van der Waals surface area contributed by atoms with E-state index < -0.39 is 0 Å². The van der Waals surface area contributed by atoms with Gasteiger partial charge in [0.2, 0.25) is 0 Å². The van der Waals surface area contributed by atoms with Crippen LogP contribution in [0.3, 0.4) is 0 Å². The lowest BCUT2D eigenvalue weighted by Crippen LogP contribution is -3.00. The van der Waals surface area contributed by atoms with Crippen LogP contribution in [-0.4, -0.2) is 14.1 Å². The van der Waals surface area contributed by atoms with E-state index >= 15 is 0 Å². The van der Waals surface area contributed by atoms with Gasteiger partial charge in [-0.2, -0.15) is 0 Å². The van der Waals surface area contributed by atoms with Gasteiger partial charge < -0.3 is 24.0 Å². The number of nitrogens with zero attached hydrogens (tertiary/aromatic N) is 1. The van der Waals surface area contributed by atoms with Gasteiger partial charge in [0, 0.05) is 0 Å². The van der Waals surface area contributed by atoms with Crippen molar-refractivity contribution < 1.29 is 24.0 Å². The molecule has 0 heterocycles. The highest BCUT2D eigenvalue weighted by Gasteiger charge is 2.20. The normalized spacial score (nSPS) is 10.6. The number of halogens is 1. The van der Waals surface area contributed by atoms with Gasteiger partial charge in [-0.25, -0.2) is 0 Å². The van der Waals surface area contributed by atoms with Crippen LogP contribution in [0.15, 0.2) is 60.7 Å². The molecule has 0 unspecified atom stereocenters. The maximum absolute atomic E-state index is 2.20. The van der Waals surface area contributed by atoms with Gasteiger partial charge >= 0.3 is 0 Å². The Hall–Kier alpha value is -0.870. The summed E-state index contributed by atoms with van der Waals surface area (Å²) in [6.45, 7) is 0. The monoisotopic (exact) mass is 325 g/mol. The summed E-state index contributed by atoms with van der Waals surface area (Å²) in [5.41, 5.74) is 2.59. The molecule has 0 spiro atoms. The summed E-state index contributed by atoms with van der Waals surface area (Å²) in [4.78, 5) is 0. The van der Waals surface area contributed by atoms with Gasteiger partial charge in [0.25, 0.3) is 0 Å². The van der Waals surface area contributed by atoms with Gasteiger partial charge in [0.15, 0.2) is 0 Å². The molecule has 2 aromatic carbocycles. The SMILES string of the molecule is C[N+](C)(c1ccccc1)c1ccccc1.[I-]. The van der Waals surface area contributed by atoms with Gasteiger partial charge in [0.1, 0.15) is 11.4 Å². The minimum Gasteiger partial charge on any atom is -1.00 e. The largest absolute Gasteiger partial charge is 1.00 e. The van der Waals surface area contributed by atoms with Gasteiger partial charge in [-0.1, -0.05) is 36.4 Å². The first-order valence-corrected chi connectivity index (χ1v) is 5.16. The molecule has 0 saturated heterocycles. The number of hydrogen-bond acceptors (Lipinski definition) is 0. The lowest BCUT2D eigenvalue weighted by molar-refractivity contribution is -0.00000308. The summed E-state index contributed by atoms with van der Waals surface area (Å²) in [5, 5.41) is 0. The van der Waals surface area contributed by atoms with Crippen molar-refractivity contribution in [2.75, 3.05) is 14.1 Å². The summed E-state index contributed by atoms with van der Waals surface area (Å²) < 4.78 is 0.779. The average Bonchev–Trinajstić information content (AvgIpc) is 2.31. The Morgan fingerprint density at radius 1 is 0.625 bits per heavy atom. The molecule has 0 saturated carbocycles. The van der Waals surface area contributed by atoms with Crippen LogP contribution in [0.1, 0.15) is 0 Å².